The Labute approximate surface area is 112 Å². The molecule has 5 heteroatoms. The van der Waals surface area contributed by atoms with Crippen molar-refractivity contribution in [1.29, 1.82) is 0 Å². The lowest BCUT2D eigenvalue weighted by atomic mass is 10.2. The van der Waals surface area contributed by atoms with E-state index in [4.69, 9.17) is 9.47 Å². The number of aromatic nitrogens is 2. The van der Waals surface area contributed by atoms with Crippen LogP contribution in [0.15, 0.2) is 36.4 Å². The zero-order valence-corrected chi connectivity index (χ0v) is 10.9. The molecular weight excluding hydrogens is 244 g/mol. The normalized spacial score (nSPS) is 12.5. The molecule has 0 spiro atoms. The summed E-state index contributed by atoms with van der Waals surface area (Å²) in [5, 5.41) is 16.4. The quantitative estimate of drug-likeness (QED) is 0.750. The van der Waals surface area contributed by atoms with Crippen molar-refractivity contribution in [3.63, 3.8) is 0 Å². The van der Waals surface area contributed by atoms with E-state index in [-0.39, 0.29) is 0 Å². The SMILES string of the molecule is CCOC(O)c1cc(COCc2ccccc2)[nH]n1. The molecule has 1 heterocycles. The largest absolute Gasteiger partial charge is 0.371 e. The van der Waals surface area contributed by atoms with Gasteiger partial charge in [0, 0.05) is 6.61 Å². The van der Waals surface area contributed by atoms with E-state index in [0.717, 1.165) is 11.3 Å². The Bertz CT molecular complexity index is 484. The number of rotatable bonds is 7. The molecule has 19 heavy (non-hydrogen) atoms. The molecule has 0 amide bonds. The molecule has 0 radical (unpaired) electrons. The first-order valence-electron chi connectivity index (χ1n) is 6.25. The Kier molecular flexibility index (Phi) is 5.09. The number of aromatic amines is 1. The predicted molar refractivity (Wildman–Crippen MR) is 70.1 cm³/mol. The second-order valence-electron chi connectivity index (χ2n) is 4.10. The first kappa shape index (κ1) is 13.7. The molecule has 0 bridgehead atoms. The van der Waals surface area contributed by atoms with Crippen LogP contribution in [0.25, 0.3) is 0 Å². The maximum Gasteiger partial charge on any atom is 0.200 e. The van der Waals surface area contributed by atoms with Crippen molar-refractivity contribution in [2.24, 2.45) is 0 Å². The van der Waals surface area contributed by atoms with E-state index >= 15 is 0 Å². The number of hydrogen-bond acceptors (Lipinski definition) is 4. The van der Waals surface area contributed by atoms with Crippen molar-refractivity contribution >= 4 is 0 Å². The molecule has 2 rings (SSSR count). The number of hydrogen-bond donors (Lipinski definition) is 2. The topological polar surface area (TPSA) is 67.4 Å². The van der Waals surface area contributed by atoms with Crippen molar-refractivity contribution in [1.82, 2.24) is 10.2 Å². The van der Waals surface area contributed by atoms with Crippen LogP contribution in [0.3, 0.4) is 0 Å². The van der Waals surface area contributed by atoms with Crippen LogP contribution in [0, 0.1) is 0 Å². The van der Waals surface area contributed by atoms with Gasteiger partial charge in [0.05, 0.1) is 18.9 Å². The molecule has 2 N–H and O–H groups in total. The molecule has 1 atom stereocenters. The third kappa shape index (κ3) is 4.17. The molecule has 1 unspecified atom stereocenters. The third-order valence-corrected chi connectivity index (χ3v) is 2.60. The van der Waals surface area contributed by atoms with Crippen molar-refractivity contribution in [2.75, 3.05) is 6.61 Å². The number of H-pyrrole nitrogens is 1. The molecule has 0 aliphatic rings. The zero-order valence-electron chi connectivity index (χ0n) is 10.9. The average Bonchev–Trinajstić information content (AvgIpc) is 2.89. The van der Waals surface area contributed by atoms with Crippen LogP contribution in [0.5, 0.6) is 0 Å². The van der Waals surface area contributed by atoms with Gasteiger partial charge in [0.2, 0.25) is 0 Å². The first-order valence-corrected chi connectivity index (χ1v) is 6.25. The summed E-state index contributed by atoms with van der Waals surface area (Å²) in [5.74, 6) is 0. The molecule has 0 saturated carbocycles. The summed E-state index contributed by atoms with van der Waals surface area (Å²) in [6.45, 7) is 3.22. The predicted octanol–water partition coefficient (Wildman–Crippen LogP) is 2.15. The van der Waals surface area contributed by atoms with E-state index < -0.39 is 6.29 Å². The van der Waals surface area contributed by atoms with Crippen molar-refractivity contribution in [2.45, 2.75) is 26.4 Å². The monoisotopic (exact) mass is 262 g/mol. The van der Waals surface area contributed by atoms with Gasteiger partial charge in [-0.3, -0.25) is 5.10 Å². The maximum atomic E-state index is 9.59. The van der Waals surface area contributed by atoms with Gasteiger partial charge in [-0.15, -0.1) is 0 Å². The average molecular weight is 262 g/mol. The third-order valence-electron chi connectivity index (χ3n) is 2.60. The highest BCUT2D eigenvalue weighted by Gasteiger charge is 2.11. The van der Waals surface area contributed by atoms with Crippen LogP contribution in [0.4, 0.5) is 0 Å². The van der Waals surface area contributed by atoms with Gasteiger partial charge in [-0.05, 0) is 18.6 Å². The molecule has 102 valence electrons. The summed E-state index contributed by atoms with van der Waals surface area (Å²) < 4.78 is 10.6. The van der Waals surface area contributed by atoms with Gasteiger partial charge in [0.1, 0.15) is 5.69 Å². The fourth-order valence-electron chi connectivity index (χ4n) is 1.68. The van der Waals surface area contributed by atoms with Gasteiger partial charge in [-0.25, -0.2) is 0 Å². The molecule has 1 aromatic heterocycles. The number of aliphatic hydroxyl groups excluding tert-OH is 1. The number of aliphatic hydroxyl groups is 1. The van der Waals surface area contributed by atoms with Crippen LogP contribution in [-0.2, 0) is 22.7 Å². The molecule has 0 fully saturated rings. The summed E-state index contributed by atoms with van der Waals surface area (Å²) in [4.78, 5) is 0. The standard InChI is InChI=1S/C14H18N2O3/c1-2-19-14(17)13-8-12(15-16-13)10-18-9-11-6-4-3-5-7-11/h3-8,14,17H,2,9-10H2,1H3,(H,15,16). The molecule has 5 nitrogen and oxygen atoms in total. The smallest absolute Gasteiger partial charge is 0.200 e. The van der Waals surface area contributed by atoms with Crippen molar-refractivity contribution in [3.8, 4) is 0 Å². The molecule has 0 aliphatic carbocycles. The summed E-state index contributed by atoms with van der Waals surface area (Å²) in [6, 6.07) is 11.7. The second kappa shape index (κ2) is 7.04. The minimum absolute atomic E-state index is 0.417. The highest BCUT2D eigenvalue weighted by molar-refractivity contribution is 5.13. The van der Waals surface area contributed by atoms with Gasteiger partial charge in [0.25, 0.3) is 0 Å². The van der Waals surface area contributed by atoms with Gasteiger partial charge in [-0.2, -0.15) is 5.10 Å². The second-order valence-corrected chi connectivity index (χ2v) is 4.10. The lowest BCUT2D eigenvalue weighted by molar-refractivity contribution is -0.101. The Hall–Kier alpha value is -1.69. The fraction of sp³-hybridized carbons (Fsp3) is 0.357. The van der Waals surface area contributed by atoms with Crippen LogP contribution < -0.4 is 0 Å². The van der Waals surface area contributed by atoms with Crippen molar-refractivity contribution < 1.29 is 14.6 Å². The Morgan fingerprint density at radius 2 is 2.05 bits per heavy atom. The Morgan fingerprint density at radius 3 is 2.79 bits per heavy atom. The lowest BCUT2D eigenvalue weighted by Gasteiger charge is -2.05. The number of benzene rings is 1. The number of nitrogens with one attached hydrogen (secondary N) is 1. The number of ether oxygens (including phenoxy) is 2. The number of nitrogens with zero attached hydrogens (tertiary/aromatic N) is 1. The van der Waals surface area contributed by atoms with E-state index in [2.05, 4.69) is 10.2 Å². The van der Waals surface area contributed by atoms with Crippen LogP contribution >= 0.6 is 0 Å². The minimum Gasteiger partial charge on any atom is -0.371 e. The minimum atomic E-state index is -0.982. The summed E-state index contributed by atoms with van der Waals surface area (Å²) in [6.07, 6.45) is -0.982. The zero-order chi connectivity index (χ0) is 13.5. The summed E-state index contributed by atoms with van der Waals surface area (Å²) in [7, 11) is 0. The summed E-state index contributed by atoms with van der Waals surface area (Å²) >= 11 is 0. The lowest BCUT2D eigenvalue weighted by Crippen LogP contribution is -2.02. The molecule has 2 aromatic rings. The first-order chi connectivity index (χ1) is 9.29. The van der Waals surface area contributed by atoms with E-state index in [1.807, 2.05) is 37.3 Å². The van der Waals surface area contributed by atoms with Gasteiger partial charge >= 0.3 is 0 Å². The van der Waals surface area contributed by atoms with Gasteiger partial charge in [0.15, 0.2) is 6.29 Å². The highest BCUT2D eigenvalue weighted by atomic mass is 16.6. The van der Waals surface area contributed by atoms with Crippen LogP contribution in [0.2, 0.25) is 0 Å². The molecule has 0 aliphatic heterocycles. The van der Waals surface area contributed by atoms with E-state index in [1.165, 1.54) is 0 Å². The molecule has 0 saturated heterocycles. The Balaban J connectivity index is 1.80. The van der Waals surface area contributed by atoms with Crippen molar-refractivity contribution in [3.05, 3.63) is 53.3 Å². The Morgan fingerprint density at radius 1 is 1.26 bits per heavy atom. The van der Waals surface area contributed by atoms with E-state index in [0.29, 0.717) is 25.5 Å². The van der Waals surface area contributed by atoms with E-state index in [9.17, 15) is 5.11 Å². The summed E-state index contributed by atoms with van der Waals surface area (Å²) in [5.41, 5.74) is 2.40. The van der Waals surface area contributed by atoms with Crippen LogP contribution in [-0.4, -0.2) is 21.9 Å². The van der Waals surface area contributed by atoms with Gasteiger partial charge < -0.3 is 14.6 Å². The highest BCUT2D eigenvalue weighted by Crippen LogP contribution is 2.13. The fourth-order valence-corrected chi connectivity index (χ4v) is 1.68. The molecular formula is C14H18N2O3. The van der Waals surface area contributed by atoms with E-state index in [1.54, 1.807) is 6.07 Å². The molecule has 1 aromatic carbocycles. The van der Waals surface area contributed by atoms with Crippen LogP contribution in [0.1, 0.15) is 30.2 Å². The maximum absolute atomic E-state index is 9.59. The van der Waals surface area contributed by atoms with Gasteiger partial charge in [-0.1, -0.05) is 30.3 Å².